The quantitative estimate of drug-likeness (QED) is 0.641. The molecule has 0 radical (unpaired) electrons. The molecular formula is C9H13F3O4. The largest absolute Gasteiger partial charge is 0.415 e. The van der Waals surface area contributed by atoms with Crippen LogP contribution in [0.3, 0.4) is 0 Å². The van der Waals surface area contributed by atoms with E-state index in [-0.39, 0.29) is 26.8 Å². The van der Waals surface area contributed by atoms with Gasteiger partial charge >= 0.3 is 6.18 Å². The van der Waals surface area contributed by atoms with E-state index in [0.717, 1.165) is 0 Å². The van der Waals surface area contributed by atoms with Crippen LogP contribution in [0.4, 0.5) is 13.2 Å². The van der Waals surface area contributed by atoms with Crippen LogP contribution in [0.15, 0.2) is 0 Å². The van der Waals surface area contributed by atoms with Crippen LogP contribution >= 0.6 is 0 Å². The van der Waals surface area contributed by atoms with E-state index in [2.05, 4.69) is 0 Å². The number of alkyl halides is 3. The summed E-state index contributed by atoms with van der Waals surface area (Å²) in [6, 6.07) is 0. The van der Waals surface area contributed by atoms with Crippen molar-refractivity contribution in [2.75, 3.05) is 26.8 Å². The third-order valence-electron chi connectivity index (χ3n) is 3.09. The first-order valence-electron chi connectivity index (χ1n) is 4.92. The maximum Gasteiger partial charge on any atom is 0.415 e. The number of hydrogen-bond donors (Lipinski definition) is 0. The lowest BCUT2D eigenvalue weighted by molar-refractivity contribution is -0.359. The fraction of sp³-hybridized carbons (Fsp3) is 1.00. The Morgan fingerprint density at radius 2 is 1.62 bits per heavy atom. The fourth-order valence-corrected chi connectivity index (χ4v) is 2.12. The number of hydrogen-bond acceptors (Lipinski definition) is 4. The van der Waals surface area contributed by atoms with Crippen LogP contribution in [-0.4, -0.2) is 45.2 Å². The highest BCUT2D eigenvalue weighted by Gasteiger charge is 2.60. The predicted octanol–water partition coefficient (Wildman–Crippen LogP) is 1.30. The molecule has 0 amide bonds. The van der Waals surface area contributed by atoms with E-state index in [1.165, 1.54) is 0 Å². The van der Waals surface area contributed by atoms with Gasteiger partial charge in [-0.2, -0.15) is 13.2 Å². The first-order chi connectivity index (χ1) is 7.47. The van der Waals surface area contributed by atoms with Crippen molar-refractivity contribution in [3.63, 3.8) is 0 Å². The second kappa shape index (κ2) is 4.14. The molecule has 94 valence electrons. The zero-order valence-corrected chi connectivity index (χ0v) is 8.75. The van der Waals surface area contributed by atoms with Crippen LogP contribution in [0.25, 0.3) is 0 Å². The summed E-state index contributed by atoms with van der Waals surface area (Å²) in [5.74, 6) is 0. The molecule has 4 nitrogen and oxygen atoms in total. The maximum absolute atomic E-state index is 12.9. The third-order valence-corrected chi connectivity index (χ3v) is 3.09. The first kappa shape index (κ1) is 12.1. The Labute approximate surface area is 90.6 Å². The summed E-state index contributed by atoms with van der Waals surface area (Å²) >= 11 is 0. The van der Waals surface area contributed by atoms with Crippen molar-refractivity contribution in [1.29, 1.82) is 0 Å². The van der Waals surface area contributed by atoms with E-state index in [0.29, 0.717) is 0 Å². The van der Waals surface area contributed by atoms with Crippen molar-refractivity contribution in [3.8, 4) is 0 Å². The Kier molecular flexibility index (Phi) is 3.13. The van der Waals surface area contributed by atoms with Crippen LogP contribution in [0, 0.1) is 5.41 Å². The molecular weight excluding hydrogens is 229 g/mol. The van der Waals surface area contributed by atoms with E-state index < -0.39 is 23.8 Å². The summed E-state index contributed by atoms with van der Waals surface area (Å²) in [7, 11) is 0. The molecule has 2 fully saturated rings. The molecule has 0 aromatic heterocycles. The Hall–Kier alpha value is -0.370. The minimum absolute atomic E-state index is 0.00743. The second-order valence-corrected chi connectivity index (χ2v) is 4.06. The van der Waals surface area contributed by atoms with Gasteiger partial charge in [0.1, 0.15) is 13.6 Å². The minimum Gasteiger partial charge on any atom is -0.355 e. The molecule has 16 heavy (non-hydrogen) atoms. The van der Waals surface area contributed by atoms with Gasteiger partial charge < -0.3 is 18.9 Å². The molecule has 7 heteroatoms. The second-order valence-electron chi connectivity index (χ2n) is 4.06. The Morgan fingerprint density at radius 1 is 1.06 bits per heavy atom. The molecule has 1 spiro atoms. The lowest BCUT2D eigenvalue weighted by Crippen LogP contribution is -2.62. The SMILES string of the molecule is CC1OCOCC12COCOC2C(F)(F)F. The summed E-state index contributed by atoms with van der Waals surface area (Å²) in [5.41, 5.74) is -1.30. The van der Waals surface area contributed by atoms with Crippen molar-refractivity contribution in [2.24, 2.45) is 5.41 Å². The van der Waals surface area contributed by atoms with Crippen molar-refractivity contribution < 1.29 is 32.1 Å². The van der Waals surface area contributed by atoms with E-state index in [1.54, 1.807) is 6.92 Å². The molecule has 2 saturated heterocycles. The molecule has 0 aromatic carbocycles. The highest BCUT2D eigenvalue weighted by Crippen LogP contribution is 2.44. The molecule has 0 bridgehead atoms. The first-order valence-corrected chi connectivity index (χ1v) is 4.92. The Bertz CT molecular complexity index is 252. The fourth-order valence-electron chi connectivity index (χ4n) is 2.12. The van der Waals surface area contributed by atoms with Crippen molar-refractivity contribution in [1.82, 2.24) is 0 Å². The molecule has 3 atom stereocenters. The monoisotopic (exact) mass is 242 g/mol. The third kappa shape index (κ3) is 1.92. The molecule has 0 N–H and O–H groups in total. The van der Waals surface area contributed by atoms with Crippen LogP contribution in [0.1, 0.15) is 6.92 Å². The van der Waals surface area contributed by atoms with Crippen molar-refractivity contribution in [2.45, 2.75) is 25.3 Å². The van der Waals surface area contributed by atoms with Crippen molar-refractivity contribution >= 4 is 0 Å². The van der Waals surface area contributed by atoms with E-state index in [9.17, 15) is 13.2 Å². The van der Waals surface area contributed by atoms with Crippen LogP contribution < -0.4 is 0 Å². The topological polar surface area (TPSA) is 36.9 Å². The van der Waals surface area contributed by atoms with Gasteiger partial charge in [0.05, 0.1) is 24.7 Å². The number of rotatable bonds is 0. The van der Waals surface area contributed by atoms with Gasteiger partial charge in [-0.1, -0.05) is 0 Å². The molecule has 0 aromatic rings. The summed E-state index contributed by atoms with van der Waals surface area (Å²) in [4.78, 5) is 0. The van der Waals surface area contributed by atoms with Crippen LogP contribution in [-0.2, 0) is 18.9 Å². The zero-order valence-electron chi connectivity index (χ0n) is 8.75. The molecule has 2 aliphatic rings. The molecule has 2 rings (SSSR count). The normalized spacial score (nSPS) is 41.2. The van der Waals surface area contributed by atoms with Gasteiger partial charge in [0.2, 0.25) is 0 Å². The maximum atomic E-state index is 12.9. The summed E-state index contributed by atoms with van der Waals surface area (Å²) in [6.07, 6.45) is -6.96. The predicted molar refractivity (Wildman–Crippen MR) is 45.5 cm³/mol. The van der Waals surface area contributed by atoms with Gasteiger partial charge in [0, 0.05) is 0 Å². The van der Waals surface area contributed by atoms with Gasteiger partial charge in [-0.15, -0.1) is 0 Å². The van der Waals surface area contributed by atoms with Crippen LogP contribution in [0.5, 0.6) is 0 Å². The number of halogens is 3. The average molecular weight is 242 g/mol. The van der Waals surface area contributed by atoms with E-state index in [4.69, 9.17) is 18.9 Å². The van der Waals surface area contributed by atoms with Gasteiger partial charge in [-0.25, -0.2) is 0 Å². The lowest BCUT2D eigenvalue weighted by Gasteiger charge is -2.48. The standard InChI is InChI=1S/C9H13F3O4/c1-6-8(2-13-4-15-6)3-14-5-16-7(8)9(10,11)12/h6-7H,2-5H2,1H3. The molecule has 0 aliphatic carbocycles. The van der Waals surface area contributed by atoms with E-state index in [1.807, 2.05) is 0 Å². The molecule has 0 saturated carbocycles. The van der Waals surface area contributed by atoms with Gasteiger partial charge in [-0.3, -0.25) is 0 Å². The minimum atomic E-state index is -4.44. The van der Waals surface area contributed by atoms with Gasteiger partial charge in [0.15, 0.2) is 6.10 Å². The highest BCUT2D eigenvalue weighted by molar-refractivity contribution is 4.98. The Balaban J connectivity index is 2.26. The molecule has 3 unspecified atom stereocenters. The molecule has 2 heterocycles. The smallest absolute Gasteiger partial charge is 0.355 e. The number of ether oxygens (including phenoxy) is 4. The highest BCUT2D eigenvalue weighted by atomic mass is 19.4. The summed E-state index contributed by atoms with van der Waals surface area (Å²) < 4.78 is 58.3. The zero-order chi connectivity index (χ0) is 11.8. The molecule has 2 aliphatic heterocycles. The van der Waals surface area contributed by atoms with E-state index >= 15 is 0 Å². The van der Waals surface area contributed by atoms with Crippen molar-refractivity contribution in [3.05, 3.63) is 0 Å². The summed E-state index contributed by atoms with van der Waals surface area (Å²) in [6.45, 7) is 1.10. The summed E-state index contributed by atoms with van der Waals surface area (Å²) in [5, 5.41) is 0. The lowest BCUT2D eigenvalue weighted by atomic mass is 9.77. The van der Waals surface area contributed by atoms with Gasteiger partial charge in [-0.05, 0) is 6.92 Å². The Morgan fingerprint density at radius 3 is 2.12 bits per heavy atom. The van der Waals surface area contributed by atoms with Gasteiger partial charge in [0.25, 0.3) is 0 Å². The van der Waals surface area contributed by atoms with Crippen LogP contribution in [0.2, 0.25) is 0 Å². The average Bonchev–Trinajstić information content (AvgIpc) is 2.22.